The van der Waals surface area contributed by atoms with Crippen LogP contribution in [0.2, 0.25) is 0 Å². The summed E-state index contributed by atoms with van der Waals surface area (Å²) < 4.78 is 42.8. The van der Waals surface area contributed by atoms with E-state index in [0.717, 1.165) is 22.9 Å². The van der Waals surface area contributed by atoms with Crippen molar-refractivity contribution in [1.29, 1.82) is 0 Å². The third-order valence-electron chi connectivity index (χ3n) is 3.85. The Kier molecular flexibility index (Phi) is 4.03. The van der Waals surface area contributed by atoms with Crippen molar-refractivity contribution in [3.63, 3.8) is 0 Å². The molecular weight excluding hydrogens is 303 g/mol. The first-order valence-corrected chi connectivity index (χ1v) is 7.39. The number of alkyl halides is 3. The summed E-state index contributed by atoms with van der Waals surface area (Å²) in [7, 11) is 0. The number of aromatic nitrogens is 1. The number of nitrogens with zero attached hydrogens (tertiary/aromatic N) is 1. The van der Waals surface area contributed by atoms with Gasteiger partial charge in [-0.1, -0.05) is 37.3 Å². The van der Waals surface area contributed by atoms with Crippen LogP contribution >= 0.6 is 0 Å². The number of ether oxygens (including phenoxy) is 1. The highest BCUT2D eigenvalue weighted by molar-refractivity contribution is 5.80. The largest absolute Gasteiger partial charge is 0.573 e. The van der Waals surface area contributed by atoms with Gasteiger partial charge in [-0.3, -0.25) is 0 Å². The fourth-order valence-electron chi connectivity index (χ4n) is 2.86. The Morgan fingerprint density at radius 1 is 1.00 bits per heavy atom. The Hall–Kier alpha value is -2.43. The molecule has 0 bridgehead atoms. The van der Waals surface area contributed by atoms with Crippen molar-refractivity contribution in [3.8, 4) is 5.75 Å². The molecule has 0 fully saturated rings. The second kappa shape index (κ2) is 5.99. The van der Waals surface area contributed by atoms with E-state index in [0.29, 0.717) is 0 Å². The maximum absolute atomic E-state index is 12.2. The van der Waals surface area contributed by atoms with Gasteiger partial charge in [-0.15, -0.1) is 13.2 Å². The molecule has 3 aromatic rings. The van der Waals surface area contributed by atoms with Crippen molar-refractivity contribution in [1.82, 2.24) is 4.57 Å². The molecule has 23 heavy (non-hydrogen) atoms. The topological polar surface area (TPSA) is 14.2 Å². The van der Waals surface area contributed by atoms with Gasteiger partial charge in [0.25, 0.3) is 0 Å². The molecule has 0 aliphatic rings. The van der Waals surface area contributed by atoms with Crippen molar-refractivity contribution >= 4 is 10.9 Å². The number of rotatable bonds is 4. The molecule has 0 N–H and O–H groups in total. The highest BCUT2D eigenvalue weighted by Gasteiger charge is 2.31. The lowest BCUT2D eigenvalue weighted by molar-refractivity contribution is -0.274. The Labute approximate surface area is 132 Å². The van der Waals surface area contributed by atoms with E-state index >= 15 is 0 Å². The third-order valence-corrected chi connectivity index (χ3v) is 3.85. The average Bonchev–Trinajstić information content (AvgIpc) is 2.92. The number of hydrogen-bond donors (Lipinski definition) is 0. The van der Waals surface area contributed by atoms with Crippen molar-refractivity contribution in [2.75, 3.05) is 0 Å². The summed E-state index contributed by atoms with van der Waals surface area (Å²) in [5.41, 5.74) is 2.05. The lowest BCUT2D eigenvalue weighted by Crippen LogP contribution is -2.17. The quantitative estimate of drug-likeness (QED) is 0.616. The van der Waals surface area contributed by atoms with Crippen LogP contribution < -0.4 is 4.74 Å². The molecule has 1 heterocycles. The van der Waals surface area contributed by atoms with E-state index in [1.165, 1.54) is 12.1 Å². The highest BCUT2D eigenvalue weighted by Crippen LogP contribution is 2.30. The van der Waals surface area contributed by atoms with Gasteiger partial charge in [-0.05, 0) is 41.6 Å². The molecule has 3 rings (SSSR count). The van der Waals surface area contributed by atoms with E-state index in [1.807, 2.05) is 36.5 Å². The standard InChI is InChI=1S/C18H16F3NO/c1-2-16(22-12-11-13-5-3-4-6-17(13)22)14-7-9-15(10-8-14)23-18(19,20)21/h3-12,16H,2H2,1H3. The fourth-order valence-corrected chi connectivity index (χ4v) is 2.86. The zero-order valence-electron chi connectivity index (χ0n) is 12.5. The number of benzene rings is 2. The summed E-state index contributed by atoms with van der Waals surface area (Å²) in [6.07, 6.45) is -1.82. The maximum Gasteiger partial charge on any atom is 0.573 e. The van der Waals surface area contributed by atoms with Crippen LogP contribution in [0, 0.1) is 0 Å². The molecule has 1 aromatic heterocycles. The molecule has 1 unspecified atom stereocenters. The Balaban J connectivity index is 1.92. The molecule has 0 saturated carbocycles. The van der Waals surface area contributed by atoms with Crippen LogP contribution in [0.25, 0.3) is 10.9 Å². The molecule has 0 radical (unpaired) electrons. The molecule has 0 aliphatic carbocycles. The van der Waals surface area contributed by atoms with E-state index in [-0.39, 0.29) is 11.8 Å². The van der Waals surface area contributed by atoms with Crippen molar-refractivity contribution in [3.05, 3.63) is 66.4 Å². The molecule has 5 heteroatoms. The zero-order valence-corrected chi connectivity index (χ0v) is 12.5. The van der Waals surface area contributed by atoms with Crippen LogP contribution in [0.1, 0.15) is 24.9 Å². The molecule has 0 aliphatic heterocycles. The number of halogens is 3. The van der Waals surface area contributed by atoms with Crippen molar-refractivity contribution < 1.29 is 17.9 Å². The molecule has 2 nitrogen and oxygen atoms in total. The Morgan fingerprint density at radius 3 is 2.35 bits per heavy atom. The minimum absolute atomic E-state index is 0.0647. The molecule has 1 atom stereocenters. The Morgan fingerprint density at radius 2 is 1.70 bits per heavy atom. The third kappa shape index (κ3) is 3.33. The van der Waals surface area contributed by atoms with Crippen LogP contribution in [0.3, 0.4) is 0 Å². The van der Waals surface area contributed by atoms with Gasteiger partial charge in [0.05, 0.1) is 6.04 Å². The minimum Gasteiger partial charge on any atom is -0.406 e. The second-order valence-corrected chi connectivity index (χ2v) is 5.32. The summed E-state index contributed by atoms with van der Waals surface area (Å²) in [6.45, 7) is 2.06. The number of hydrogen-bond acceptors (Lipinski definition) is 1. The molecule has 0 spiro atoms. The molecule has 0 amide bonds. The molecule has 120 valence electrons. The SMILES string of the molecule is CCC(c1ccc(OC(F)(F)F)cc1)n1ccc2ccccc21. The molecular formula is C18H16F3NO. The van der Waals surface area contributed by atoms with Gasteiger partial charge in [-0.25, -0.2) is 0 Å². The van der Waals surface area contributed by atoms with Gasteiger partial charge in [0.15, 0.2) is 0 Å². The van der Waals surface area contributed by atoms with Crippen LogP contribution in [0.4, 0.5) is 13.2 Å². The highest BCUT2D eigenvalue weighted by atomic mass is 19.4. The normalized spacial score (nSPS) is 13.2. The van der Waals surface area contributed by atoms with E-state index in [1.54, 1.807) is 12.1 Å². The van der Waals surface area contributed by atoms with Gasteiger partial charge >= 0.3 is 6.36 Å². The monoisotopic (exact) mass is 319 g/mol. The van der Waals surface area contributed by atoms with Gasteiger partial charge in [0.2, 0.25) is 0 Å². The predicted octanol–water partition coefficient (Wildman–Crippen LogP) is 5.54. The van der Waals surface area contributed by atoms with Gasteiger partial charge in [0.1, 0.15) is 5.75 Å². The molecule has 2 aromatic carbocycles. The van der Waals surface area contributed by atoms with Crippen LogP contribution in [-0.4, -0.2) is 10.9 Å². The Bertz CT molecular complexity index is 790. The number of para-hydroxylation sites is 1. The van der Waals surface area contributed by atoms with E-state index in [4.69, 9.17) is 0 Å². The summed E-state index contributed by atoms with van der Waals surface area (Å²) >= 11 is 0. The molecule has 0 saturated heterocycles. The summed E-state index contributed by atoms with van der Waals surface area (Å²) in [6, 6.07) is 16.2. The summed E-state index contributed by atoms with van der Waals surface area (Å²) in [5, 5.41) is 1.14. The lowest BCUT2D eigenvalue weighted by Gasteiger charge is -2.19. The first-order chi connectivity index (χ1) is 11.0. The maximum atomic E-state index is 12.2. The zero-order chi connectivity index (χ0) is 16.4. The first-order valence-electron chi connectivity index (χ1n) is 7.39. The fraction of sp³-hybridized carbons (Fsp3) is 0.222. The average molecular weight is 319 g/mol. The summed E-state index contributed by atoms with van der Waals surface area (Å²) in [5.74, 6) is -0.200. The predicted molar refractivity (Wildman–Crippen MR) is 83.5 cm³/mol. The van der Waals surface area contributed by atoms with E-state index < -0.39 is 6.36 Å². The van der Waals surface area contributed by atoms with Crippen molar-refractivity contribution in [2.24, 2.45) is 0 Å². The second-order valence-electron chi connectivity index (χ2n) is 5.32. The van der Waals surface area contributed by atoms with Gasteiger partial charge in [0, 0.05) is 11.7 Å². The first kappa shape index (κ1) is 15.5. The van der Waals surface area contributed by atoms with Crippen LogP contribution in [-0.2, 0) is 0 Å². The van der Waals surface area contributed by atoms with Crippen molar-refractivity contribution in [2.45, 2.75) is 25.7 Å². The minimum atomic E-state index is -4.66. The van der Waals surface area contributed by atoms with Gasteiger partial charge in [-0.2, -0.15) is 0 Å². The van der Waals surface area contributed by atoms with E-state index in [2.05, 4.69) is 16.2 Å². The summed E-state index contributed by atoms with van der Waals surface area (Å²) in [4.78, 5) is 0. The van der Waals surface area contributed by atoms with Crippen LogP contribution in [0.5, 0.6) is 5.75 Å². The van der Waals surface area contributed by atoms with Crippen LogP contribution in [0.15, 0.2) is 60.8 Å². The number of fused-ring (bicyclic) bond motifs is 1. The van der Waals surface area contributed by atoms with Gasteiger partial charge < -0.3 is 9.30 Å². The van der Waals surface area contributed by atoms with E-state index in [9.17, 15) is 13.2 Å². The smallest absolute Gasteiger partial charge is 0.406 e. The lowest BCUT2D eigenvalue weighted by atomic mass is 10.0.